The third-order valence-corrected chi connectivity index (χ3v) is 2.55. The van der Waals surface area contributed by atoms with E-state index in [9.17, 15) is 4.79 Å². The minimum absolute atomic E-state index is 0.118. The Kier molecular flexibility index (Phi) is 1.99. The van der Waals surface area contributed by atoms with Crippen LogP contribution in [0.3, 0.4) is 0 Å². The van der Waals surface area contributed by atoms with Crippen molar-refractivity contribution in [3.63, 3.8) is 0 Å². The van der Waals surface area contributed by atoms with Gasteiger partial charge in [0.25, 0.3) is 0 Å². The van der Waals surface area contributed by atoms with Crippen molar-refractivity contribution in [2.45, 2.75) is 32.4 Å². The first-order valence-electron chi connectivity index (χ1n) is 4.83. The molecule has 0 aromatic rings. The van der Waals surface area contributed by atoms with Gasteiger partial charge < -0.3 is 10.2 Å². The first-order chi connectivity index (χ1) is 6.50. The molecule has 2 N–H and O–H groups in total. The molecule has 0 saturated carbocycles. The highest BCUT2D eigenvalue weighted by Gasteiger charge is 2.39. The average molecular weight is 196 g/mol. The van der Waals surface area contributed by atoms with Crippen LogP contribution in [0.15, 0.2) is 4.99 Å². The van der Waals surface area contributed by atoms with Gasteiger partial charge in [0.2, 0.25) is 5.91 Å². The van der Waals surface area contributed by atoms with Gasteiger partial charge in [-0.2, -0.15) is 0 Å². The smallest absolute Gasteiger partial charge is 0.249 e. The number of nitrogens with one attached hydrogen (secondary N) is 2. The number of nitrogens with zero attached hydrogens (tertiary/aromatic N) is 2. The highest BCUT2D eigenvalue weighted by atomic mass is 16.2. The lowest BCUT2D eigenvalue weighted by Gasteiger charge is -2.38. The highest BCUT2D eigenvalue weighted by Crippen LogP contribution is 2.18. The Morgan fingerprint density at radius 2 is 2.21 bits per heavy atom. The fourth-order valence-corrected chi connectivity index (χ4v) is 1.71. The second-order valence-electron chi connectivity index (χ2n) is 4.61. The van der Waals surface area contributed by atoms with Crippen LogP contribution in [0.2, 0.25) is 0 Å². The minimum Gasteiger partial charge on any atom is -0.359 e. The van der Waals surface area contributed by atoms with E-state index in [0.717, 1.165) is 5.84 Å². The van der Waals surface area contributed by atoms with Crippen LogP contribution >= 0.6 is 0 Å². The van der Waals surface area contributed by atoms with Crippen LogP contribution < -0.4 is 10.6 Å². The Morgan fingerprint density at radius 1 is 1.50 bits per heavy atom. The Bertz CT molecular complexity index is 292. The van der Waals surface area contributed by atoms with Gasteiger partial charge in [-0.25, -0.2) is 4.99 Å². The predicted octanol–water partition coefficient (Wildman–Crippen LogP) is -0.498. The van der Waals surface area contributed by atoms with Crippen LogP contribution in [0.5, 0.6) is 0 Å². The summed E-state index contributed by atoms with van der Waals surface area (Å²) in [5.41, 5.74) is -0.156. The monoisotopic (exact) mass is 196 g/mol. The lowest BCUT2D eigenvalue weighted by Crippen LogP contribution is -2.57. The van der Waals surface area contributed by atoms with E-state index in [1.54, 1.807) is 4.90 Å². The van der Waals surface area contributed by atoms with Gasteiger partial charge in [0.15, 0.2) is 0 Å². The summed E-state index contributed by atoms with van der Waals surface area (Å²) < 4.78 is 0. The number of amidine groups is 1. The molecule has 1 saturated heterocycles. The Balaban J connectivity index is 2.24. The van der Waals surface area contributed by atoms with Crippen LogP contribution in [0.4, 0.5) is 0 Å². The zero-order chi connectivity index (χ0) is 10.3. The van der Waals surface area contributed by atoms with Gasteiger partial charge in [0, 0.05) is 5.54 Å². The molecule has 1 fully saturated rings. The van der Waals surface area contributed by atoms with Gasteiger partial charge in [-0.3, -0.25) is 10.1 Å². The number of carbonyl (C=O) groups excluding carboxylic acids is 1. The van der Waals surface area contributed by atoms with Crippen LogP contribution in [0.25, 0.3) is 0 Å². The van der Waals surface area contributed by atoms with Gasteiger partial charge in [-0.05, 0) is 20.8 Å². The molecule has 2 rings (SSSR count). The van der Waals surface area contributed by atoms with Crippen molar-refractivity contribution in [1.29, 1.82) is 0 Å². The second kappa shape index (κ2) is 2.95. The maximum Gasteiger partial charge on any atom is 0.249 e. The molecule has 2 heterocycles. The van der Waals surface area contributed by atoms with E-state index in [-0.39, 0.29) is 17.5 Å². The van der Waals surface area contributed by atoms with Gasteiger partial charge in [-0.15, -0.1) is 0 Å². The van der Waals surface area contributed by atoms with E-state index in [2.05, 4.69) is 15.6 Å². The minimum atomic E-state index is -0.247. The molecular formula is C9H16N4O. The normalized spacial score (nSPS) is 27.1. The van der Waals surface area contributed by atoms with Crippen molar-refractivity contribution in [1.82, 2.24) is 15.5 Å². The van der Waals surface area contributed by atoms with Crippen LogP contribution in [0, 0.1) is 0 Å². The number of fused-ring (bicyclic) bond motifs is 1. The molecule has 2 aliphatic rings. The van der Waals surface area contributed by atoms with Gasteiger partial charge >= 0.3 is 0 Å². The van der Waals surface area contributed by atoms with Crippen LogP contribution in [-0.2, 0) is 4.79 Å². The number of aliphatic imine (C=N–C) groups is 1. The van der Waals surface area contributed by atoms with E-state index in [0.29, 0.717) is 13.3 Å². The van der Waals surface area contributed by atoms with E-state index < -0.39 is 0 Å². The SMILES string of the molecule is CC(C)(C)N1CN=C2NCNC2C1=O. The molecule has 1 unspecified atom stereocenters. The molecule has 1 amide bonds. The summed E-state index contributed by atoms with van der Waals surface area (Å²) in [7, 11) is 0. The first kappa shape index (κ1) is 9.45. The van der Waals surface area contributed by atoms with Crippen molar-refractivity contribution in [3.05, 3.63) is 0 Å². The predicted molar refractivity (Wildman–Crippen MR) is 53.8 cm³/mol. The second-order valence-corrected chi connectivity index (χ2v) is 4.61. The molecule has 0 aromatic heterocycles. The van der Waals surface area contributed by atoms with Gasteiger partial charge in [0.05, 0.1) is 6.67 Å². The lowest BCUT2D eigenvalue weighted by molar-refractivity contribution is -0.136. The largest absolute Gasteiger partial charge is 0.359 e. The van der Waals surface area contributed by atoms with Crippen LogP contribution in [0.1, 0.15) is 20.8 Å². The van der Waals surface area contributed by atoms with E-state index in [4.69, 9.17) is 0 Å². The summed E-state index contributed by atoms with van der Waals surface area (Å²) in [6, 6.07) is -0.247. The van der Waals surface area contributed by atoms with Crippen molar-refractivity contribution in [2.24, 2.45) is 4.99 Å². The van der Waals surface area contributed by atoms with Crippen molar-refractivity contribution < 1.29 is 4.79 Å². The van der Waals surface area contributed by atoms with E-state index in [1.165, 1.54) is 0 Å². The first-order valence-corrected chi connectivity index (χ1v) is 4.83. The van der Waals surface area contributed by atoms with Gasteiger partial charge in [-0.1, -0.05) is 0 Å². The Hall–Kier alpha value is -1.10. The number of hydrogen-bond donors (Lipinski definition) is 2. The highest BCUT2D eigenvalue weighted by molar-refractivity contribution is 6.09. The zero-order valence-corrected chi connectivity index (χ0v) is 8.79. The summed E-state index contributed by atoms with van der Waals surface area (Å²) >= 11 is 0. The Labute approximate surface area is 83.6 Å². The number of carbonyl (C=O) groups is 1. The molecule has 5 nitrogen and oxygen atoms in total. The molecule has 78 valence electrons. The maximum absolute atomic E-state index is 12.0. The molecule has 5 heteroatoms. The quantitative estimate of drug-likeness (QED) is 0.549. The fourth-order valence-electron chi connectivity index (χ4n) is 1.71. The topological polar surface area (TPSA) is 56.7 Å². The van der Waals surface area contributed by atoms with Crippen molar-refractivity contribution in [2.75, 3.05) is 13.3 Å². The van der Waals surface area contributed by atoms with Crippen molar-refractivity contribution >= 4 is 11.7 Å². The van der Waals surface area contributed by atoms with Crippen LogP contribution in [-0.4, -0.2) is 41.6 Å². The fraction of sp³-hybridized carbons (Fsp3) is 0.778. The molecule has 0 aliphatic carbocycles. The summed E-state index contributed by atoms with van der Waals surface area (Å²) in [6.45, 7) is 7.16. The third kappa shape index (κ3) is 1.37. The third-order valence-electron chi connectivity index (χ3n) is 2.55. The molecule has 0 spiro atoms. The van der Waals surface area contributed by atoms with Crippen molar-refractivity contribution in [3.8, 4) is 0 Å². The zero-order valence-electron chi connectivity index (χ0n) is 8.79. The van der Waals surface area contributed by atoms with Gasteiger partial charge in [0.1, 0.15) is 18.5 Å². The molecule has 0 bridgehead atoms. The van der Waals surface area contributed by atoms with E-state index >= 15 is 0 Å². The summed E-state index contributed by atoms with van der Waals surface area (Å²) in [5.74, 6) is 0.906. The summed E-state index contributed by atoms with van der Waals surface area (Å²) in [6.07, 6.45) is 0. The molecular weight excluding hydrogens is 180 g/mol. The maximum atomic E-state index is 12.0. The summed E-state index contributed by atoms with van der Waals surface area (Å²) in [5, 5.41) is 6.13. The average Bonchev–Trinajstić information content (AvgIpc) is 2.50. The Morgan fingerprint density at radius 3 is 2.86 bits per heavy atom. The number of hydrogen-bond acceptors (Lipinski definition) is 4. The molecule has 1 atom stereocenters. The summed E-state index contributed by atoms with van der Waals surface area (Å²) in [4.78, 5) is 18.1. The number of rotatable bonds is 0. The molecule has 0 aromatic carbocycles. The van der Waals surface area contributed by atoms with E-state index in [1.807, 2.05) is 20.8 Å². The number of amides is 1. The lowest BCUT2D eigenvalue weighted by atomic mass is 10.0. The molecule has 2 aliphatic heterocycles. The standard InChI is InChI=1S/C9H16N4O/c1-9(2,3)13-5-12-7-6(8(13)14)10-4-11-7/h6,10H,4-5H2,1-3H3,(H,11,12). The molecule has 0 radical (unpaired) electrons. The molecule has 14 heavy (non-hydrogen) atoms.